The van der Waals surface area contributed by atoms with Crippen molar-refractivity contribution in [1.29, 1.82) is 0 Å². The molecule has 1 aromatic heterocycles. The van der Waals surface area contributed by atoms with E-state index in [2.05, 4.69) is 15.6 Å². The van der Waals surface area contributed by atoms with Crippen LogP contribution in [0.3, 0.4) is 0 Å². The van der Waals surface area contributed by atoms with Crippen molar-refractivity contribution in [3.8, 4) is 5.69 Å². The number of aromatic nitrogens is 3. The van der Waals surface area contributed by atoms with Crippen LogP contribution in [-0.4, -0.2) is 20.9 Å². The second-order valence-corrected chi connectivity index (χ2v) is 5.23. The van der Waals surface area contributed by atoms with Gasteiger partial charge in [0, 0.05) is 5.69 Å². The van der Waals surface area contributed by atoms with Gasteiger partial charge >= 0.3 is 0 Å². The third-order valence-corrected chi connectivity index (χ3v) is 3.49. The predicted octanol–water partition coefficient (Wildman–Crippen LogP) is 3.28. The lowest BCUT2D eigenvalue weighted by molar-refractivity contribution is 0.102. The average Bonchev–Trinajstić information content (AvgIpc) is 2.92. The van der Waals surface area contributed by atoms with E-state index >= 15 is 0 Å². The second kappa shape index (κ2) is 6.00. The van der Waals surface area contributed by atoms with Crippen LogP contribution in [0, 0.1) is 19.7 Å². The Kier molecular flexibility index (Phi) is 3.89. The van der Waals surface area contributed by atoms with E-state index in [4.69, 9.17) is 0 Å². The van der Waals surface area contributed by atoms with Crippen LogP contribution >= 0.6 is 0 Å². The largest absolute Gasteiger partial charge is 0.321 e. The lowest BCUT2D eigenvalue weighted by atomic mass is 10.2. The number of rotatable bonds is 3. The maximum absolute atomic E-state index is 12.9. The quantitative estimate of drug-likeness (QED) is 0.807. The zero-order chi connectivity index (χ0) is 16.4. The SMILES string of the molecule is Cc1ccc(-n2nnc(C(=O)Nc3ccc(F)cc3)c2C)cc1. The van der Waals surface area contributed by atoms with E-state index in [9.17, 15) is 9.18 Å². The van der Waals surface area contributed by atoms with Gasteiger partial charge in [-0.3, -0.25) is 4.79 Å². The molecule has 0 spiro atoms. The molecule has 0 aliphatic rings. The van der Waals surface area contributed by atoms with E-state index in [-0.39, 0.29) is 17.4 Å². The molecule has 0 bridgehead atoms. The van der Waals surface area contributed by atoms with Crippen LogP contribution in [0.4, 0.5) is 10.1 Å². The molecule has 0 aliphatic carbocycles. The Morgan fingerprint density at radius 2 is 1.70 bits per heavy atom. The molecule has 0 saturated carbocycles. The fourth-order valence-corrected chi connectivity index (χ4v) is 2.19. The van der Waals surface area contributed by atoms with E-state index in [1.165, 1.54) is 24.3 Å². The van der Waals surface area contributed by atoms with E-state index in [0.717, 1.165) is 11.3 Å². The van der Waals surface area contributed by atoms with Crippen molar-refractivity contribution >= 4 is 11.6 Å². The minimum Gasteiger partial charge on any atom is -0.321 e. The van der Waals surface area contributed by atoms with Gasteiger partial charge in [-0.25, -0.2) is 9.07 Å². The predicted molar refractivity (Wildman–Crippen MR) is 85.2 cm³/mol. The number of amides is 1. The van der Waals surface area contributed by atoms with Gasteiger partial charge in [0.05, 0.1) is 11.4 Å². The summed E-state index contributed by atoms with van der Waals surface area (Å²) in [6, 6.07) is 13.3. The molecule has 3 aromatic rings. The molecule has 0 unspecified atom stereocenters. The fourth-order valence-electron chi connectivity index (χ4n) is 2.19. The summed E-state index contributed by atoms with van der Waals surface area (Å²) in [5, 5.41) is 10.7. The van der Waals surface area contributed by atoms with Gasteiger partial charge in [-0.15, -0.1) is 5.10 Å². The van der Waals surface area contributed by atoms with Gasteiger partial charge in [-0.1, -0.05) is 22.9 Å². The lowest BCUT2D eigenvalue weighted by Crippen LogP contribution is -2.14. The van der Waals surface area contributed by atoms with Crippen molar-refractivity contribution in [2.75, 3.05) is 5.32 Å². The summed E-state index contributed by atoms with van der Waals surface area (Å²) in [7, 11) is 0. The van der Waals surface area contributed by atoms with Gasteiger partial charge in [0.15, 0.2) is 5.69 Å². The van der Waals surface area contributed by atoms with Gasteiger partial charge in [0.25, 0.3) is 5.91 Å². The number of hydrogen-bond donors (Lipinski definition) is 1. The molecule has 23 heavy (non-hydrogen) atoms. The molecule has 6 heteroatoms. The molecule has 1 heterocycles. The first-order valence-electron chi connectivity index (χ1n) is 7.11. The van der Waals surface area contributed by atoms with Crippen molar-refractivity contribution in [2.24, 2.45) is 0 Å². The van der Waals surface area contributed by atoms with Crippen molar-refractivity contribution < 1.29 is 9.18 Å². The summed E-state index contributed by atoms with van der Waals surface area (Å²) in [5.74, 6) is -0.739. The van der Waals surface area contributed by atoms with E-state index in [1.54, 1.807) is 11.6 Å². The van der Waals surface area contributed by atoms with Gasteiger partial charge in [0.2, 0.25) is 0 Å². The van der Waals surface area contributed by atoms with Crippen LogP contribution in [0.2, 0.25) is 0 Å². The van der Waals surface area contributed by atoms with E-state index in [1.807, 2.05) is 31.2 Å². The van der Waals surface area contributed by atoms with Crippen LogP contribution in [0.25, 0.3) is 5.69 Å². The Labute approximate surface area is 132 Å². The lowest BCUT2D eigenvalue weighted by Gasteiger charge is -2.05. The summed E-state index contributed by atoms with van der Waals surface area (Å²) in [6.45, 7) is 3.78. The Bertz CT molecular complexity index is 838. The molecule has 0 aliphatic heterocycles. The smallest absolute Gasteiger partial charge is 0.278 e. The van der Waals surface area contributed by atoms with Crippen LogP contribution in [0.15, 0.2) is 48.5 Å². The third kappa shape index (κ3) is 3.11. The fraction of sp³-hybridized carbons (Fsp3) is 0.118. The maximum Gasteiger partial charge on any atom is 0.278 e. The number of carbonyl (C=O) groups is 1. The summed E-state index contributed by atoms with van der Waals surface area (Å²) in [6.07, 6.45) is 0. The highest BCUT2D eigenvalue weighted by atomic mass is 19.1. The Morgan fingerprint density at radius 3 is 2.35 bits per heavy atom. The molecular weight excluding hydrogens is 295 g/mol. The number of anilines is 1. The number of aryl methyl sites for hydroxylation is 1. The summed E-state index contributed by atoms with van der Waals surface area (Å²) < 4.78 is 14.5. The Morgan fingerprint density at radius 1 is 1.04 bits per heavy atom. The van der Waals surface area contributed by atoms with E-state index in [0.29, 0.717) is 11.4 Å². The summed E-state index contributed by atoms with van der Waals surface area (Å²) in [4.78, 5) is 12.3. The third-order valence-electron chi connectivity index (χ3n) is 3.49. The van der Waals surface area contributed by atoms with Crippen molar-refractivity contribution in [3.63, 3.8) is 0 Å². The van der Waals surface area contributed by atoms with Gasteiger partial charge in [-0.2, -0.15) is 0 Å². The highest BCUT2D eigenvalue weighted by molar-refractivity contribution is 6.03. The highest BCUT2D eigenvalue weighted by Gasteiger charge is 2.17. The first-order valence-corrected chi connectivity index (χ1v) is 7.11. The van der Waals surface area contributed by atoms with Crippen molar-refractivity contribution in [2.45, 2.75) is 13.8 Å². The number of benzene rings is 2. The normalized spacial score (nSPS) is 10.6. The van der Waals surface area contributed by atoms with Crippen molar-refractivity contribution in [3.05, 3.63) is 71.3 Å². The molecule has 5 nitrogen and oxygen atoms in total. The molecule has 0 fully saturated rings. The van der Waals surface area contributed by atoms with Crippen LogP contribution in [0.1, 0.15) is 21.7 Å². The standard InChI is InChI=1S/C17H15FN4O/c1-11-3-9-15(10-4-11)22-12(2)16(20-21-22)17(23)19-14-7-5-13(18)6-8-14/h3-10H,1-2H3,(H,19,23). The first kappa shape index (κ1) is 14.9. The topological polar surface area (TPSA) is 59.8 Å². The van der Waals surface area contributed by atoms with E-state index < -0.39 is 0 Å². The first-order chi connectivity index (χ1) is 11.0. The van der Waals surface area contributed by atoms with Crippen LogP contribution < -0.4 is 5.32 Å². The number of nitrogens with one attached hydrogen (secondary N) is 1. The van der Waals surface area contributed by atoms with Gasteiger partial charge in [-0.05, 0) is 50.2 Å². The molecule has 3 rings (SSSR count). The number of nitrogens with zero attached hydrogens (tertiary/aromatic N) is 3. The van der Waals surface area contributed by atoms with Gasteiger partial charge in [0.1, 0.15) is 5.82 Å². The summed E-state index contributed by atoms with van der Waals surface area (Å²) in [5.41, 5.74) is 3.34. The van der Waals surface area contributed by atoms with Gasteiger partial charge < -0.3 is 5.32 Å². The Balaban J connectivity index is 1.85. The highest BCUT2D eigenvalue weighted by Crippen LogP contribution is 2.15. The average molecular weight is 310 g/mol. The number of halogens is 1. The second-order valence-electron chi connectivity index (χ2n) is 5.23. The molecule has 116 valence electrons. The molecular formula is C17H15FN4O. The zero-order valence-electron chi connectivity index (χ0n) is 12.7. The minimum absolute atomic E-state index is 0.231. The maximum atomic E-state index is 12.9. The zero-order valence-corrected chi connectivity index (χ0v) is 12.7. The molecule has 0 saturated heterocycles. The molecule has 1 N–H and O–H groups in total. The molecule has 2 aromatic carbocycles. The summed E-state index contributed by atoms with van der Waals surface area (Å²) >= 11 is 0. The molecule has 0 radical (unpaired) electrons. The molecule has 1 amide bonds. The number of hydrogen-bond acceptors (Lipinski definition) is 3. The van der Waals surface area contributed by atoms with Crippen LogP contribution in [-0.2, 0) is 0 Å². The van der Waals surface area contributed by atoms with Crippen molar-refractivity contribution in [1.82, 2.24) is 15.0 Å². The number of carbonyl (C=O) groups excluding carboxylic acids is 1. The molecule has 0 atom stereocenters. The monoisotopic (exact) mass is 310 g/mol. The Hall–Kier alpha value is -3.02. The minimum atomic E-state index is -0.382. The van der Waals surface area contributed by atoms with Crippen LogP contribution in [0.5, 0.6) is 0 Å².